The molecule has 3 atom stereocenters. The molecule has 0 aliphatic carbocycles. The smallest absolute Gasteiger partial charge is 0.430 e. The first-order valence-corrected chi connectivity index (χ1v) is 15.7. The average Bonchev–Trinajstić information content (AvgIpc) is 3.81. The fourth-order valence-electron chi connectivity index (χ4n) is 6.24. The number of nitrogens with one attached hydrogen (secondary N) is 3. The minimum Gasteiger partial charge on any atom is -0.430 e. The maximum atomic E-state index is 14.0. The quantitative estimate of drug-likeness (QED) is 0.0924. The van der Waals surface area contributed by atoms with Crippen molar-refractivity contribution < 1.29 is 64.7 Å². The monoisotopic (exact) mass is 726 g/mol. The summed E-state index contributed by atoms with van der Waals surface area (Å²) < 4.78 is 93.3. The molecule has 1 fully saturated rings. The number of halogens is 6. The summed E-state index contributed by atoms with van der Waals surface area (Å²) >= 11 is 0. The summed E-state index contributed by atoms with van der Waals surface area (Å²) in [6.45, 7) is -1.22. The molecule has 2 aromatic rings. The molecule has 13 nitrogen and oxygen atoms in total. The predicted octanol–water partition coefficient (Wildman–Crippen LogP) is 0.0211. The fourth-order valence-corrected chi connectivity index (χ4v) is 6.24. The predicted molar refractivity (Wildman–Crippen MR) is 166 cm³/mol. The second-order valence-corrected chi connectivity index (χ2v) is 12.2. The van der Waals surface area contributed by atoms with Crippen LogP contribution >= 0.6 is 0 Å². The number of nitrogens with two attached hydrogens (primary N) is 1. The van der Waals surface area contributed by atoms with Gasteiger partial charge in [0.1, 0.15) is 6.04 Å². The van der Waals surface area contributed by atoms with E-state index in [0.717, 1.165) is 18.4 Å². The van der Waals surface area contributed by atoms with Gasteiger partial charge in [0.05, 0.1) is 37.5 Å². The van der Waals surface area contributed by atoms with Crippen LogP contribution in [0.4, 0.5) is 26.3 Å². The molecule has 1 radical (unpaired) electrons. The van der Waals surface area contributed by atoms with E-state index < -0.39 is 91.1 Å². The summed E-state index contributed by atoms with van der Waals surface area (Å²) in [6.07, 6.45) is -8.97. The second kappa shape index (κ2) is 15.2. The highest BCUT2D eigenvalue weighted by molar-refractivity contribution is 6.61. The summed E-state index contributed by atoms with van der Waals surface area (Å²) in [5, 5.41) is 15.3. The molecule has 273 valence electrons. The first-order valence-electron chi connectivity index (χ1n) is 15.7. The van der Waals surface area contributed by atoms with Crippen molar-refractivity contribution in [1.82, 2.24) is 21.0 Å². The molecule has 1 saturated heterocycles. The van der Waals surface area contributed by atoms with Crippen LogP contribution in [0.2, 0.25) is 0 Å². The Labute approximate surface area is 287 Å². The standard InChI is InChI=1S/C30H32B2F6N5O8/c1-49-42-26(45)23(39)4-2-3-5-40-27(46)24-10-16(41-25(44)14-6-19(29(33,34)35)17-12-50-31-21(17)8-14)11-43(24)28(47)15-7-20(30(36,37)38)18-13-51-32(48)22(18)9-15/h6-9,16,23-24,48H,2-5,10-13,39H2,1H3,(H,40,46)(H,41,44)(H,42,45)/t16-,23-,24?/m0/s1. The van der Waals surface area contributed by atoms with Crippen LogP contribution in [0.1, 0.15) is 68.7 Å². The number of benzene rings is 2. The first kappa shape index (κ1) is 38.1. The van der Waals surface area contributed by atoms with Crippen LogP contribution in [-0.2, 0) is 49.3 Å². The van der Waals surface area contributed by atoms with Gasteiger partial charge in [0, 0.05) is 30.3 Å². The molecule has 6 N–H and O–H groups in total. The lowest BCUT2D eigenvalue weighted by Gasteiger charge is -2.25. The zero-order chi connectivity index (χ0) is 37.2. The summed E-state index contributed by atoms with van der Waals surface area (Å²) in [4.78, 5) is 57.7. The summed E-state index contributed by atoms with van der Waals surface area (Å²) in [6, 6.07) is 0.284. The lowest BCUT2D eigenvalue weighted by atomic mass is 9.77. The topological polar surface area (TPSA) is 182 Å². The molecule has 0 aromatic heterocycles. The van der Waals surface area contributed by atoms with Crippen molar-refractivity contribution in [3.8, 4) is 0 Å². The number of rotatable bonds is 11. The van der Waals surface area contributed by atoms with E-state index in [4.69, 9.17) is 15.0 Å². The summed E-state index contributed by atoms with van der Waals surface area (Å²) in [7, 11) is 0.604. The first-order chi connectivity index (χ1) is 24.0. The number of hydroxylamine groups is 1. The number of alkyl halides is 6. The van der Waals surface area contributed by atoms with Crippen LogP contribution in [-0.4, -0.2) is 86.5 Å². The molecule has 0 spiro atoms. The maximum Gasteiger partial charge on any atom is 0.491 e. The van der Waals surface area contributed by atoms with Gasteiger partial charge in [0.2, 0.25) is 5.91 Å². The van der Waals surface area contributed by atoms with E-state index in [0.29, 0.717) is 25.0 Å². The number of hydrogen-bond acceptors (Lipinski definition) is 9. The molecule has 5 rings (SSSR count). The highest BCUT2D eigenvalue weighted by atomic mass is 19.4. The highest BCUT2D eigenvalue weighted by Gasteiger charge is 2.44. The Kier molecular flexibility index (Phi) is 11.4. The second-order valence-electron chi connectivity index (χ2n) is 12.2. The van der Waals surface area contributed by atoms with Gasteiger partial charge in [-0.2, -0.15) is 26.3 Å². The molecule has 21 heteroatoms. The van der Waals surface area contributed by atoms with E-state index in [1.165, 1.54) is 13.2 Å². The van der Waals surface area contributed by atoms with Gasteiger partial charge >= 0.3 is 27.0 Å². The lowest BCUT2D eigenvalue weighted by Crippen LogP contribution is -2.46. The average molecular weight is 726 g/mol. The number of unbranched alkanes of at least 4 members (excludes halogenated alkanes) is 1. The van der Waals surface area contributed by atoms with Crippen LogP contribution in [0.5, 0.6) is 0 Å². The number of carbonyl (C=O) groups excluding carboxylic acids is 4. The SMILES string of the molecule is CONC(=O)[C@@H](N)CCCCNC(=O)C1C[C@H](NC(=O)c2cc3c(c(C(F)(F)F)c2)CO[B]3)CN1C(=O)c1cc2c(c(C(F)(F)F)c1)COB2O. The number of likely N-dealkylation sites (tertiary alicyclic amines) is 1. The number of amides is 4. The van der Waals surface area contributed by atoms with Gasteiger partial charge in [-0.1, -0.05) is 6.07 Å². The van der Waals surface area contributed by atoms with Gasteiger partial charge in [0.15, 0.2) is 0 Å². The third kappa shape index (κ3) is 8.49. The molecule has 0 bridgehead atoms. The van der Waals surface area contributed by atoms with Crippen LogP contribution < -0.4 is 32.8 Å². The third-order valence-corrected chi connectivity index (χ3v) is 8.76. The Morgan fingerprint density at radius 3 is 2.41 bits per heavy atom. The van der Waals surface area contributed by atoms with Gasteiger partial charge in [-0.05, 0) is 65.9 Å². The molecule has 3 aliphatic heterocycles. The molecule has 51 heavy (non-hydrogen) atoms. The summed E-state index contributed by atoms with van der Waals surface area (Å²) in [5.74, 6) is -3.24. The molecular formula is C30H32B2F6N5O8. The van der Waals surface area contributed by atoms with Crippen molar-refractivity contribution in [2.24, 2.45) is 5.73 Å². The van der Waals surface area contributed by atoms with E-state index in [1.54, 1.807) is 0 Å². The zero-order valence-electron chi connectivity index (χ0n) is 27.0. The Hall–Kier alpha value is -4.17. The fraction of sp³-hybridized carbons (Fsp3) is 0.467. The minimum absolute atomic E-state index is 0.0546. The van der Waals surface area contributed by atoms with Gasteiger partial charge < -0.3 is 35.6 Å². The van der Waals surface area contributed by atoms with Crippen molar-refractivity contribution in [1.29, 1.82) is 0 Å². The molecule has 0 saturated carbocycles. The number of hydrogen-bond donors (Lipinski definition) is 5. The van der Waals surface area contributed by atoms with Gasteiger partial charge in [0.25, 0.3) is 17.7 Å². The lowest BCUT2D eigenvalue weighted by molar-refractivity contribution is -0.139. The van der Waals surface area contributed by atoms with Gasteiger partial charge in [-0.25, -0.2) is 5.48 Å². The maximum absolute atomic E-state index is 14.0. The molecule has 3 aliphatic rings. The van der Waals surface area contributed by atoms with Crippen molar-refractivity contribution in [3.63, 3.8) is 0 Å². The molecule has 4 amide bonds. The van der Waals surface area contributed by atoms with Crippen molar-refractivity contribution in [3.05, 3.63) is 57.6 Å². The molecule has 1 unspecified atom stereocenters. The zero-order valence-corrected chi connectivity index (χ0v) is 27.0. The van der Waals surface area contributed by atoms with Crippen molar-refractivity contribution >= 4 is 49.2 Å². The Morgan fingerprint density at radius 2 is 1.73 bits per heavy atom. The number of fused-ring (bicyclic) bond motifs is 2. The molecule has 3 heterocycles. The van der Waals surface area contributed by atoms with E-state index in [9.17, 15) is 50.5 Å². The van der Waals surface area contributed by atoms with Crippen LogP contribution in [0, 0.1) is 0 Å². The Balaban J connectivity index is 1.36. The molecule has 2 aromatic carbocycles. The van der Waals surface area contributed by atoms with Crippen molar-refractivity contribution in [2.45, 2.75) is 69.4 Å². The van der Waals surface area contributed by atoms with Crippen LogP contribution in [0.3, 0.4) is 0 Å². The summed E-state index contributed by atoms with van der Waals surface area (Å²) in [5.41, 5.74) is 4.02. The van der Waals surface area contributed by atoms with E-state index in [2.05, 4.69) is 21.0 Å². The van der Waals surface area contributed by atoms with Gasteiger partial charge in [-0.3, -0.25) is 24.0 Å². The molecular weight excluding hydrogens is 694 g/mol. The minimum atomic E-state index is -4.92. The third-order valence-electron chi connectivity index (χ3n) is 8.76. The number of nitrogens with zero attached hydrogens (tertiary/aromatic N) is 1. The Bertz CT molecular complexity index is 1700. The Morgan fingerprint density at radius 1 is 1.04 bits per heavy atom. The highest BCUT2D eigenvalue weighted by Crippen LogP contribution is 2.36. The largest absolute Gasteiger partial charge is 0.491 e. The van der Waals surface area contributed by atoms with Crippen molar-refractivity contribution in [2.75, 3.05) is 20.2 Å². The van der Waals surface area contributed by atoms with Crippen LogP contribution in [0.15, 0.2) is 24.3 Å². The van der Waals surface area contributed by atoms with Crippen LogP contribution in [0.25, 0.3) is 0 Å². The van der Waals surface area contributed by atoms with Gasteiger partial charge in [-0.15, -0.1) is 0 Å². The van der Waals surface area contributed by atoms with E-state index in [1.807, 2.05) is 0 Å². The normalized spacial score (nSPS) is 18.9. The number of carbonyl (C=O) groups is 4. The van der Waals surface area contributed by atoms with E-state index >= 15 is 0 Å². The van der Waals surface area contributed by atoms with E-state index in [-0.39, 0.29) is 53.6 Å².